The van der Waals surface area contributed by atoms with Crippen LogP contribution in [0, 0.1) is 17.3 Å². The first-order valence-corrected chi connectivity index (χ1v) is 14.2. The monoisotopic (exact) mass is 589 g/mol. The molecule has 10 nitrogen and oxygen atoms in total. The minimum absolute atomic E-state index is 0.00915. The van der Waals surface area contributed by atoms with Gasteiger partial charge in [-0.05, 0) is 68.9 Å². The Balaban J connectivity index is 1.85. The first kappa shape index (κ1) is 31.0. The number of halogens is 1. The lowest BCUT2D eigenvalue weighted by Crippen LogP contribution is -2.63. The second-order valence-corrected chi connectivity index (χ2v) is 13.2. The number of amides is 1. The van der Waals surface area contributed by atoms with Gasteiger partial charge in [-0.2, -0.15) is 0 Å². The number of rotatable bonds is 6. The molecule has 1 aromatic carbocycles. The van der Waals surface area contributed by atoms with Crippen molar-refractivity contribution >= 4 is 29.1 Å². The fraction of sp³-hybridized carbons (Fsp3) is 0.567. The van der Waals surface area contributed by atoms with Crippen LogP contribution in [0.15, 0.2) is 28.7 Å². The third-order valence-corrected chi connectivity index (χ3v) is 9.78. The van der Waals surface area contributed by atoms with Gasteiger partial charge >= 0.3 is 0 Å². The van der Waals surface area contributed by atoms with Gasteiger partial charge in [0, 0.05) is 29.1 Å². The number of carbonyl (C=O) groups is 3. The summed E-state index contributed by atoms with van der Waals surface area (Å²) in [6.07, 6.45) is 0.158. The molecular formula is C30H40ClN3O7. The number of phenols is 1. The van der Waals surface area contributed by atoms with E-state index in [2.05, 4.69) is 32.6 Å². The normalized spacial score (nSPS) is 27.2. The van der Waals surface area contributed by atoms with Gasteiger partial charge in [0.2, 0.25) is 5.78 Å². The van der Waals surface area contributed by atoms with Crippen LogP contribution in [0.1, 0.15) is 62.5 Å². The number of ketones is 2. The van der Waals surface area contributed by atoms with Gasteiger partial charge in [0.15, 0.2) is 11.4 Å². The lowest BCUT2D eigenvalue weighted by Gasteiger charge is -2.50. The highest BCUT2D eigenvalue weighted by Gasteiger charge is 2.63. The first-order chi connectivity index (χ1) is 18.9. The molecule has 3 aliphatic carbocycles. The number of carbonyl (C=O) groups excluding carboxylic acids is 3. The predicted octanol–water partition coefficient (Wildman–Crippen LogP) is 3.03. The number of phenolic OH excluding ortho intramolecular Hbond substituents is 1. The second kappa shape index (κ2) is 10.4. The molecule has 0 saturated heterocycles. The van der Waals surface area contributed by atoms with Crippen molar-refractivity contribution in [1.82, 2.24) is 9.80 Å². The second-order valence-electron chi connectivity index (χ2n) is 12.8. The van der Waals surface area contributed by atoms with E-state index in [0.717, 1.165) is 6.54 Å². The van der Waals surface area contributed by atoms with Crippen molar-refractivity contribution in [3.63, 3.8) is 0 Å². The number of fused-ring (bicyclic) bond motifs is 3. The zero-order chi connectivity index (χ0) is 30.9. The van der Waals surface area contributed by atoms with Crippen LogP contribution >= 0.6 is 11.6 Å². The van der Waals surface area contributed by atoms with Crippen molar-refractivity contribution in [2.45, 2.75) is 71.7 Å². The molecule has 0 fully saturated rings. The Morgan fingerprint density at radius 2 is 1.83 bits per heavy atom. The number of aliphatic hydroxyl groups excluding tert-OH is 2. The molecule has 1 amide bonds. The van der Waals surface area contributed by atoms with Crippen LogP contribution in [0.25, 0.3) is 0 Å². The number of nitrogens with zero attached hydrogens (tertiary/aromatic N) is 2. The van der Waals surface area contributed by atoms with E-state index in [0.29, 0.717) is 22.7 Å². The Bertz CT molecular complexity index is 1390. The predicted molar refractivity (Wildman–Crippen MR) is 154 cm³/mol. The molecule has 1 aromatic rings. The van der Waals surface area contributed by atoms with E-state index < -0.39 is 58.0 Å². The van der Waals surface area contributed by atoms with Crippen molar-refractivity contribution in [1.29, 1.82) is 0 Å². The molecule has 6 N–H and O–H groups in total. The molecule has 11 heteroatoms. The number of hydrogen-bond acceptors (Lipinski definition) is 9. The molecule has 4 rings (SSSR count). The van der Waals surface area contributed by atoms with E-state index in [1.54, 1.807) is 14.1 Å². The number of primary amides is 1. The SMILES string of the molecule is CCN(Cc1cc(O)c2c(c1Cl)C[C@H]1C[C@H]3[C@H](N(C)C)C(O)=C(C(N)=O)C(=O)[C@@]3(O)C(O)=C1C2=O)[C@H](C)C(C)(C)C. The van der Waals surface area contributed by atoms with Gasteiger partial charge in [0.1, 0.15) is 22.8 Å². The number of benzene rings is 1. The Hall–Kier alpha value is -2.92. The van der Waals surface area contributed by atoms with Crippen LogP contribution in [0.3, 0.4) is 0 Å². The highest BCUT2D eigenvalue weighted by atomic mass is 35.5. The standard InChI is InChI=1S/C30H40ClN3O7/c1-8-34(13(2)29(3,4)5)12-15-11-18(35)20-16(22(15)31)9-14-10-17-23(33(6)7)25(37)21(28(32)40)27(39)30(17,41)26(38)19(14)24(20)36/h11,13-14,17,23,35,37-38,41H,8-10,12H2,1-7H3,(H2,32,40)/t13-,14+,17+,23+,30+/m1/s1. The molecular weight excluding hydrogens is 550 g/mol. The summed E-state index contributed by atoms with van der Waals surface area (Å²) in [6, 6.07) is 0.589. The third kappa shape index (κ3) is 4.65. The summed E-state index contributed by atoms with van der Waals surface area (Å²) in [5, 5.41) is 45.4. The number of hydrogen-bond donors (Lipinski definition) is 5. The van der Waals surface area contributed by atoms with Crippen LogP contribution in [-0.4, -0.2) is 86.0 Å². The summed E-state index contributed by atoms with van der Waals surface area (Å²) in [7, 11) is 3.18. The van der Waals surface area contributed by atoms with Crippen molar-refractivity contribution in [3.05, 3.63) is 50.4 Å². The number of aliphatic hydroxyl groups is 3. The van der Waals surface area contributed by atoms with Crippen molar-refractivity contribution in [2.24, 2.45) is 23.0 Å². The van der Waals surface area contributed by atoms with E-state index in [4.69, 9.17) is 17.3 Å². The molecule has 41 heavy (non-hydrogen) atoms. The van der Waals surface area contributed by atoms with Gasteiger partial charge in [-0.1, -0.05) is 39.3 Å². The fourth-order valence-electron chi connectivity index (χ4n) is 6.76. The minimum atomic E-state index is -2.67. The van der Waals surface area contributed by atoms with Crippen LogP contribution in [0.2, 0.25) is 5.02 Å². The zero-order valence-corrected chi connectivity index (χ0v) is 25.3. The molecule has 0 aliphatic heterocycles. The Kier molecular flexibility index (Phi) is 7.88. The van der Waals surface area contributed by atoms with E-state index in [1.807, 2.05) is 6.92 Å². The highest BCUT2D eigenvalue weighted by Crippen LogP contribution is 2.53. The molecule has 0 saturated carbocycles. The molecule has 0 heterocycles. The van der Waals surface area contributed by atoms with Crippen LogP contribution in [0.5, 0.6) is 5.75 Å². The Morgan fingerprint density at radius 1 is 1.22 bits per heavy atom. The van der Waals surface area contributed by atoms with Crippen molar-refractivity contribution in [2.75, 3.05) is 20.6 Å². The highest BCUT2D eigenvalue weighted by molar-refractivity contribution is 6.33. The van der Waals surface area contributed by atoms with Gasteiger partial charge in [-0.3, -0.25) is 24.2 Å². The van der Waals surface area contributed by atoms with Crippen LogP contribution in [-0.2, 0) is 22.6 Å². The fourth-order valence-corrected chi connectivity index (χ4v) is 7.04. The number of Topliss-reactive ketones (excluding diaryl/α,β-unsaturated/α-hetero) is 2. The minimum Gasteiger partial charge on any atom is -0.510 e. The van der Waals surface area contributed by atoms with Crippen LogP contribution < -0.4 is 5.73 Å². The van der Waals surface area contributed by atoms with Gasteiger partial charge in [0.05, 0.1) is 11.6 Å². The summed E-state index contributed by atoms with van der Waals surface area (Å²) in [5.74, 6) is -6.86. The summed E-state index contributed by atoms with van der Waals surface area (Å²) >= 11 is 6.92. The number of nitrogens with two attached hydrogens (primary N) is 1. The van der Waals surface area contributed by atoms with E-state index in [-0.39, 0.29) is 41.2 Å². The van der Waals surface area contributed by atoms with Gasteiger partial charge in [-0.15, -0.1) is 0 Å². The number of aromatic hydroxyl groups is 1. The number of allylic oxidation sites excluding steroid dienone is 1. The Labute approximate surface area is 245 Å². The lowest BCUT2D eigenvalue weighted by atomic mass is 9.58. The average Bonchev–Trinajstić information content (AvgIpc) is 2.85. The molecule has 5 atom stereocenters. The largest absolute Gasteiger partial charge is 0.510 e. The third-order valence-electron chi connectivity index (χ3n) is 9.31. The van der Waals surface area contributed by atoms with E-state index in [1.165, 1.54) is 11.0 Å². The van der Waals surface area contributed by atoms with Crippen molar-refractivity contribution in [3.8, 4) is 5.75 Å². The maximum atomic E-state index is 13.8. The molecule has 3 aliphatic rings. The molecule has 0 aromatic heterocycles. The maximum absolute atomic E-state index is 13.8. The molecule has 0 spiro atoms. The summed E-state index contributed by atoms with van der Waals surface area (Å²) in [6.45, 7) is 11.8. The molecule has 0 unspecified atom stereocenters. The number of likely N-dealkylation sites (N-methyl/N-ethyl adjacent to an activating group) is 1. The average molecular weight is 590 g/mol. The molecule has 224 valence electrons. The summed E-state index contributed by atoms with van der Waals surface area (Å²) in [4.78, 5) is 43.1. The zero-order valence-electron chi connectivity index (χ0n) is 24.6. The van der Waals surface area contributed by atoms with Gasteiger partial charge in [-0.25, -0.2) is 0 Å². The van der Waals surface area contributed by atoms with Gasteiger partial charge < -0.3 is 26.2 Å². The summed E-state index contributed by atoms with van der Waals surface area (Å²) in [5.41, 5.74) is 2.64. The quantitative estimate of drug-likeness (QED) is 0.314. The topological polar surface area (TPSA) is 165 Å². The van der Waals surface area contributed by atoms with E-state index >= 15 is 0 Å². The van der Waals surface area contributed by atoms with Gasteiger partial charge in [0.25, 0.3) is 5.91 Å². The van der Waals surface area contributed by atoms with Crippen LogP contribution in [0.4, 0.5) is 0 Å². The molecule has 0 bridgehead atoms. The van der Waals surface area contributed by atoms with Crippen molar-refractivity contribution < 1.29 is 34.8 Å². The maximum Gasteiger partial charge on any atom is 0.255 e. The Morgan fingerprint density at radius 3 is 2.34 bits per heavy atom. The van der Waals surface area contributed by atoms with E-state index in [9.17, 15) is 34.8 Å². The smallest absolute Gasteiger partial charge is 0.255 e. The molecule has 0 radical (unpaired) electrons. The lowest BCUT2D eigenvalue weighted by molar-refractivity contribution is -0.148. The summed E-state index contributed by atoms with van der Waals surface area (Å²) < 4.78 is 0. The first-order valence-electron chi connectivity index (χ1n) is 13.8.